The lowest BCUT2D eigenvalue weighted by molar-refractivity contribution is -0.128. The molecule has 2 saturated carbocycles. The lowest BCUT2D eigenvalue weighted by atomic mass is 9.87. The molecule has 0 aromatic heterocycles. The maximum absolute atomic E-state index is 12.2. The van der Waals surface area contributed by atoms with E-state index in [2.05, 4.69) is 5.32 Å². The van der Waals surface area contributed by atoms with Crippen LogP contribution in [0.3, 0.4) is 0 Å². The van der Waals surface area contributed by atoms with Crippen molar-refractivity contribution in [3.05, 3.63) is 0 Å². The first-order chi connectivity index (χ1) is 8.70. The van der Waals surface area contributed by atoms with Crippen LogP contribution in [-0.2, 0) is 9.53 Å². The van der Waals surface area contributed by atoms with Crippen LogP contribution in [0.1, 0.15) is 51.9 Å². The lowest BCUT2D eigenvalue weighted by Gasteiger charge is -2.36. The van der Waals surface area contributed by atoms with Gasteiger partial charge in [0.25, 0.3) is 0 Å². The molecular weight excluding hydrogens is 228 g/mol. The van der Waals surface area contributed by atoms with Gasteiger partial charge in [0.1, 0.15) is 0 Å². The molecule has 2 aliphatic rings. The predicted octanol–water partition coefficient (Wildman–Crippen LogP) is 1.58. The molecule has 0 saturated heterocycles. The van der Waals surface area contributed by atoms with E-state index < -0.39 is 0 Å². The third-order valence-electron chi connectivity index (χ3n) is 4.25. The Morgan fingerprint density at radius 1 is 1.28 bits per heavy atom. The minimum absolute atomic E-state index is 0.0265. The zero-order valence-electron chi connectivity index (χ0n) is 11.4. The zero-order valence-corrected chi connectivity index (χ0v) is 11.4. The van der Waals surface area contributed by atoms with Crippen LogP contribution in [0.5, 0.6) is 0 Å². The molecule has 4 nitrogen and oxygen atoms in total. The van der Waals surface area contributed by atoms with Crippen LogP contribution in [-0.4, -0.2) is 30.7 Å². The van der Waals surface area contributed by atoms with Crippen LogP contribution in [0, 0.1) is 5.92 Å². The highest BCUT2D eigenvalue weighted by Crippen LogP contribution is 2.26. The minimum Gasteiger partial charge on any atom is -0.378 e. The third-order valence-corrected chi connectivity index (χ3v) is 4.25. The van der Waals surface area contributed by atoms with Gasteiger partial charge in [-0.1, -0.05) is 19.3 Å². The number of carbonyl (C=O) groups is 1. The van der Waals surface area contributed by atoms with Gasteiger partial charge in [-0.15, -0.1) is 0 Å². The average molecular weight is 254 g/mol. The number of amides is 1. The van der Waals surface area contributed by atoms with Gasteiger partial charge in [0, 0.05) is 18.7 Å². The van der Waals surface area contributed by atoms with E-state index in [0.29, 0.717) is 12.1 Å². The molecule has 2 aliphatic carbocycles. The standard InChI is InChI=1S/C14H26N2O2/c1-2-18-11-8-10(9-11)16-14(17)12-6-4-3-5-7-13(12)15/h10-13H,2-9,15H2,1H3,(H,16,17). The molecule has 0 heterocycles. The molecule has 0 aromatic rings. The number of rotatable bonds is 4. The van der Waals surface area contributed by atoms with E-state index in [1.165, 1.54) is 12.8 Å². The van der Waals surface area contributed by atoms with Crippen LogP contribution >= 0.6 is 0 Å². The van der Waals surface area contributed by atoms with E-state index in [1.54, 1.807) is 0 Å². The Balaban J connectivity index is 1.74. The second kappa shape index (κ2) is 6.53. The number of nitrogens with one attached hydrogen (secondary N) is 1. The maximum atomic E-state index is 12.2. The summed E-state index contributed by atoms with van der Waals surface area (Å²) in [5.74, 6) is 0.197. The molecule has 1 amide bonds. The summed E-state index contributed by atoms with van der Waals surface area (Å²) >= 11 is 0. The highest BCUT2D eigenvalue weighted by Gasteiger charge is 2.34. The normalized spacial score (nSPS) is 36.6. The van der Waals surface area contributed by atoms with Crippen molar-refractivity contribution < 1.29 is 9.53 Å². The molecule has 2 rings (SSSR count). The third kappa shape index (κ3) is 3.45. The van der Waals surface area contributed by atoms with Crippen molar-refractivity contribution in [3.63, 3.8) is 0 Å². The van der Waals surface area contributed by atoms with Crippen molar-refractivity contribution in [3.8, 4) is 0 Å². The average Bonchev–Trinajstić information content (AvgIpc) is 2.51. The summed E-state index contributed by atoms with van der Waals surface area (Å²) in [6, 6.07) is 0.361. The molecule has 2 fully saturated rings. The van der Waals surface area contributed by atoms with Crippen LogP contribution in [0.25, 0.3) is 0 Å². The molecule has 2 unspecified atom stereocenters. The summed E-state index contributed by atoms with van der Waals surface area (Å²) in [7, 11) is 0. The first-order valence-corrected chi connectivity index (χ1v) is 7.38. The fourth-order valence-corrected chi connectivity index (χ4v) is 3.03. The molecule has 0 bridgehead atoms. The molecule has 2 atom stereocenters. The van der Waals surface area contributed by atoms with E-state index in [9.17, 15) is 4.79 Å². The fraction of sp³-hybridized carbons (Fsp3) is 0.929. The van der Waals surface area contributed by atoms with Crippen molar-refractivity contribution in [1.82, 2.24) is 5.32 Å². The van der Waals surface area contributed by atoms with Gasteiger partial charge >= 0.3 is 0 Å². The molecule has 4 heteroatoms. The molecule has 0 spiro atoms. The van der Waals surface area contributed by atoms with Gasteiger partial charge in [-0.3, -0.25) is 4.79 Å². The molecular formula is C14H26N2O2. The number of ether oxygens (including phenoxy) is 1. The Kier molecular flexibility index (Phi) is 5.01. The smallest absolute Gasteiger partial charge is 0.224 e. The van der Waals surface area contributed by atoms with E-state index in [1.807, 2.05) is 6.92 Å². The van der Waals surface area contributed by atoms with Gasteiger partial charge in [0.15, 0.2) is 0 Å². The summed E-state index contributed by atoms with van der Waals surface area (Å²) in [5.41, 5.74) is 6.10. The van der Waals surface area contributed by atoms with Crippen molar-refractivity contribution in [1.29, 1.82) is 0 Å². The summed E-state index contributed by atoms with van der Waals surface area (Å²) in [6.07, 6.45) is 7.73. The number of hydrogen-bond donors (Lipinski definition) is 2. The fourth-order valence-electron chi connectivity index (χ4n) is 3.03. The van der Waals surface area contributed by atoms with Crippen molar-refractivity contribution in [2.75, 3.05) is 6.61 Å². The van der Waals surface area contributed by atoms with Gasteiger partial charge in [-0.05, 0) is 32.6 Å². The Morgan fingerprint density at radius 2 is 2.00 bits per heavy atom. The second-order valence-electron chi connectivity index (χ2n) is 5.66. The quantitative estimate of drug-likeness (QED) is 0.749. The van der Waals surface area contributed by atoms with E-state index in [4.69, 9.17) is 10.5 Å². The van der Waals surface area contributed by atoms with Gasteiger partial charge in [0.05, 0.1) is 12.0 Å². The molecule has 3 N–H and O–H groups in total. The number of nitrogens with two attached hydrogens (primary N) is 1. The number of hydrogen-bond acceptors (Lipinski definition) is 3. The molecule has 0 radical (unpaired) electrons. The van der Waals surface area contributed by atoms with E-state index in [-0.39, 0.29) is 17.9 Å². The topological polar surface area (TPSA) is 64.3 Å². The molecule has 0 aromatic carbocycles. The van der Waals surface area contributed by atoms with Crippen LogP contribution in [0.2, 0.25) is 0 Å². The zero-order chi connectivity index (χ0) is 13.0. The van der Waals surface area contributed by atoms with Crippen molar-refractivity contribution in [2.24, 2.45) is 11.7 Å². The molecule has 104 valence electrons. The van der Waals surface area contributed by atoms with Crippen molar-refractivity contribution >= 4 is 5.91 Å². The Bertz CT molecular complexity index is 277. The van der Waals surface area contributed by atoms with E-state index in [0.717, 1.165) is 38.7 Å². The Morgan fingerprint density at radius 3 is 2.72 bits per heavy atom. The largest absolute Gasteiger partial charge is 0.378 e. The summed E-state index contributed by atoms with van der Waals surface area (Å²) in [4.78, 5) is 12.2. The second-order valence-corrected chi connectivity index (χ2v) is 5.66. The van der Waals surface area contributed by atoms with Gasteiger partial charge in [0.2, 0.25) is 5.91 Å². The van der Waals surface area contributed by atoms with Gasteiger partial charge in [-0.25, -0.2) is 0 Å². The minimum atomic E-state index is 0.0265. The summed E-state index contributed by atoms with van der Waals surface area (Å²) in [5, 5.41) is 3.13. The van der Waals surface area contributed by atoms with Gasteiger partial charge in [-0.2, -0.15) is 0 Å². The van der Waals surface area contributed by atoms with Crippen LogP contribution in [0.4, 0.5) is 0 Å². The van der Waals surface area contributed by atoms with E-state index >= 15 is 0 Å². The Labute approximate surface area is 110 Å². The first-order valence-electron chi connectivity index (χ1n) is 7.38. The Hall–Kier alpha value is -0.610. The first kappa shape index (κ1) is 13.8. The lowest BCUT2D eigenvalue weighted by Crippen LogP contribution is -2.51. The summed E-state index contributed by atoms with van der Waals surface area (Å²) < 4.78 is 5.50. The highest BCUT2D eigenvalue weighted by atomic mass is 16.5. The predicted molar refractivity (Wildman–Crippen MR) is 71.1 cm³/mol. The van der Waals surface area contributed by atoms with Crippen LogP contribution < -0.4 is 11.1 Å². The molecule has 0 aliphatic heterocycles. The van der Waals surface area contributed by atoms with Crippen LogP contribution in [0.15, 0.2) is 0 Å². The summed E-state index contributed by atoms with van der Waals surface area (Å²) in [6.45, 7) is 2.77. The maximum Gasteiger partial charge on any atom is 0.224 e. The number of carbonyl (C=O) groups excluding carboxylic acids is 1. The SMILES string of the molecule is CCOC1CC(NC(=O)C2CCCCCC2N)C1. The highest BCUT2D eigenvalue weighted by molar-refractivity contribution is 5.79. The van der Waals surface area contributed by atoms with Crippen molar-refractivity contribution in [2.45, 2.75) is 70.1 Å². The molecule has 18 heavy (non-hydrogen) atoms. The van der Waals surface area contributed by atoms with Gasteiger partial charge < -0.3 is 15.8 Å². The monoisotopic (exact) mass is 254 g/mol.